The number of thiophene rings is 1. The SMILES string of the molecule is CCCCCCCCOc1ccccc1-c1ccsc1. The molecule has 0 atom stereocenters. The maximum atomic E-state index is 5.97. The van der Waals surface area contributed by atoms with E-state index in [2.05, 4.69) is 41.9 Å². The van der Waals surface area contributed by atoms with Crippen molar-refractivity contribution in [2.45, 2.75) is 45.4 Å². The Labute approximate surface area is 126 Å². The first-order valence-electron chi connectivity index (χ1n) is 7.66. The number of benzene rings is 1. The van der Waals surface area contributed by atoms with E-state index >= 15 is 0 Å². The fourth-order valence-corrected chi connectivity index (χ4v) is 2.97. The van der Waals surface area contributed by atoms with Crippen molar-refractivity contribution in [1.82, 2.24) is 0 Å². The second-order valence-corrected chi connectivity index (χ2v) is 5.90. The van der Waals surface area contributed by atoms with Gasteiger partial charge in [-0.2, -0.15) is 11.3 Å². The average Bonchev–Trinajstić information content (AvgIpc) is 3.01. The standard InChI is InChI=1S/C18H24OS/c1-2-3-4-5-6-9-13-19-18-11-8-7-10-17(18)16-12-14-20-15-16/h7-8,10-12,14-15H,2-6,9,13H2,1H3. The number of ether oxygens (including phenoxy) is 1. The van der Waals surface area contributed by atoms with Crippen molar-refractivity contribution in [2.24, 2.45) is 0 Å². The third-order valence-corrected chi connectivity index (χ3v) is 4.16. The lowest BCUT2D eigenvalue weighted by Gasteiger charge is -2.10. The summed E-state index contributed by atoms with van der Waals surface area (Å²) in [6, 6.07) is 10.5. The minimum Gasteiger partial charge on any atom is -0.493 e. The zero-order valence-electron chi connectivity index (χ0n) is 12.3. The summed E-state index contributed by atoms with van der Waals surface area (Å²) >= 11 is 1.73. The van der Waals surface area contributed by atoms with Crippen molar-refractivity contribution < 1.29 is 4.74 Å². The maximum Gasteiger partial charge on any atom is 0.127 e. The first-order chi connectivity index (χ1) is 9.92. The first-order valence-corrected chi connectivity index (χ1v) is 8.60. The van der Waals surface area contributed by atoms with Gasteiger partial charge in [0, 0.05) is 5.56 Å². The largest absolute Gasteiger partial charge is 0.493 e. The Bertz CT molecular complexity index is 476. The molecule has 2 rings (SSSR count). The summed E-state index contributed by atoms with van der Waals surface area (Å²) < 4.78 is 5.97. The fraction of sp³-hybridized carbons (Fsp3) is 0.444. The van der Waals surface area contributed by atoms with Gasteiger partial charge in [-0.1, -0.05) is 57.2 Å². The number of hydrogen-bond acceptors (Lipinski definition) is 2. The molecule has 2 heteroatoms. The molecular weight excluding hydrogens is 264 g/mol. The molecular formula is C18H24OS. The molecule has 1 heterocycles. The zero-order valence-corrected chi connectivity index (χ0v) is 13.1. The summed E-state index contributed by atoms with van der Waals surface area (Å²) in [4.78, 5) is 0. The van der Waals surface area contributed by atoms with Gasteiger partial charge in [-0.3, -0.25) is 0 Å². The highest BCUT2D eigenvalue weighted by atomic mass is 32.1. The van der Waals surface area contributed by atoms with Crippen LogP contribution in [0.1, 0.15) is 45.4 Å². The van der Waals surface area contributed by atoms with Crippen molar-refractivity contribution in [3.05, 3.63) is 41.1 Å². The van der Waals surface area contributed by atoms with Crippen LogP contribution in [0.3, 0.4) is 0 Å². The molecule has 0 aliphatic carbocycles. The fourth-order valence-electron chi connectivity index (χ4n) is 2.31. The van der Waals surface area contributed by atoms with Crippen molar-refractivity contribution in [2.75, 3.05) is 6.61 Å². The minimum absolute atomic E-state index is 0.827. The van der Waals surface area contributed by atoms with E-state index in [1.807, 2.05) is 6.07 Å². The van der Waals surface area contributed by atoms with E-state index in [0.717, 1.165) is 18.8 Å². The summed E-state index contributed by atoms with van der Waals surface area (Å²) in [5.74, 6) is 1.01. The quantitative estimate of drug-likeness (QED) is 0.502. The number of rotatable bonds is 9. The van der Waals surface area contributed by atoms with E-state index in [0.29, 0.717) is 0 Å². The van der Waals surface area contributed by atoms with Crippen LogP contribution in [0.5, 0.6) is 5.75 Å². The highest BCUT2D eigenvalue weighted by molar-refractivity contribution is 7.08. The highest BCUT2D eigenvalue weighted by Crippen LogP contribution is 2.31. The van der Waals surface area contributed by atoms with Crippen LogP contribution >= 0.6 is 11.3 Å². The molecule has 1 nitrogen and oxygen atoms in total. The van der Waals surface area contributed by atoms with E-state index < -0.39 is 0 Å². The molecule has 0 unspecified atom stereocenters. The van der Waals surface area contributed by atoms with Crippen molar-refractivity contribution in [1.29, 1.82) is 0 Å². The van der Waals surface area contributed by atoms with Crippen LogP contribution in [0.4, 0.5) is 0 Å². The number of hydrogen-bond donors (Lipinski definition) is 0. The van der Waals surface area contributed by atoms with Crippen molar-refractivity contribution >= 4 is 11.3 Å². The van der Waals surface area contributed by atoms with Crippen LogP contribution < -0.4 is 4.74 Å². The summed E-state index contributed by atoms with van der Waals surface area (Å²) in [5, 5.41) is 4.28. The molecule has 0 aliphatic rings. The first kappa shape index (κ1) is 15.1. The van der Waals surface area contributed by atoms with Crippen LogP contribution in [-0.4, -0.2) is 6.61 Å². The second kappa shape index (κ2) is 8.80. The molecule has 2 aromatic rings. The lowest BCUT2D eigenvalue weighted by atomic mass is 10.1. The van der Waals surface area contributed by atoms with Gasteiger partial charge < -0.3 is 4.74 Å². The molecule has 0 amide bonds. The lowest BCUT2D eigenvalue weighted by Crippen LogP contribution is -1.98. The van der Waals surface area contributed by atoms with E-state index in [4.69, 9.17) is 4.74 Å². The molecule has 108 valence electrons. The highest BCUT2D eigenvalue weighted by Gasteiger charge is 2.05. The van der Waals surface area contributed by atoms with Gasteiger partial charge >= 0.3 is 0 Å². The molecule has 1 aromatic carbocycles. The van der Waals surface area contributed by atoms with Gasteiger partial charge in [-0.15, -0.1) is 0 Å². The van der Waals surface area contributed by atoms with Crippen LogP contribution in [0.15, 0.2) is 41.1 Å². The van der Waals surface area contributed by atoms with E-state index in [-0.39, 0.29) is 0 Å². The molecule has 0 saturated carbocycles. The van der Waals surface area contributed by atoms with Gasteiger partial charge in [0.05, 0.1) is 6.61 Å². The Kier molecular flexibility index (Phi) is 6.65. The van der Waals surface area contributed by atoms with E-state index in [1.165, 1.54) is 43.2 Å². The van der Waals surface area contributed by atoms with Gasteiger partial charge in [0.2, 0.25) is 0 Å². The van der Waals surface area contributed by atoms with Crippen LogP contribution in [0, 0.1) is 0 Å². The predicted octanol–water partition coefficient (Wildman–Crippen LogP) is 6.15. The average molecular weight is 288 g/mol. The summed E-state index contributed by atoms with van der Waals surface area (Å²) in [7, 11) is 0. The lowest BCUT2D eigenvalue weighted by molar-refractivity contribution is 0.305. The third kappa shape index (κ3) is 4.68. The Balaban J connectivity index is 1.79. The molecule has 0 fully saturated rings. The molecule has 0 radical (unpaired) electrons. The van der Waals surface area contributed by atoms with Crippen LogP contribution in [0.25, 0.3) is 11.1 Å². The van der Waals surface area contributed by atoms with Gasteiger partial charge in [0.25, 0.3) is 0 Å². The molecule has 0 saturated heterocycles. The summed E-state index contributed by atoms with van der Waals surface area (Å²) in [5.41, 5.74) is 2.47. The second-order valence-electron chi connectivity index (χ2n) is 5.12. The van der Waals surface area contributed by atoms with Gasteiger partial charge in [0.1, 0.15) is 5.75 Å². The normalized spacial score (nSPS) is 10.7. The Morgan fingerprint density at radius 2 is 1.75 bits per heavy atom. The Hall–Kier alpha value is -1.28. The van der Waals surface area contributed by atoms with E-state index in [1.54, 1.807) is 11.3 Å². The third-order valence-electron chi connectivity index (χ3n) is 3.47. The smallest absolute Gasteiger partial charge is 0.127 e. The number of unbranched alkanes of at least 4 members (excludes halogenated alkanes) is 5. The Morgan fingerprint density at radius 3 is 2.55 bits per heavy atom. The summed E-state index contributed by atoms with van der Waals surface area (Å²) in [6.45, 7) is 3.08. The van der Waals surface area contributed by atoms with Crippen molar-refractivity contribution in [3.8, 4) is 16.9 Å². The molecule has 0 spiro atoms. The minimum atomic E-state index is 0.827. The Morgan fingerprint density at radius 1 is 0.950 bits per heavy atom. The van der Waals surface area contributed by atoms with Crippen LogP contribution in [0.2, 0.25) is 0 Å². The molecule has 20 heavy (non-hydrogen) atoms. The molecule has 0 N–H and O–H groups in total. The monoisotopic (exact) mass is 288 g/mol. The van der Waals surface area contributed by atoms with Gasteiger partial charge in [-0.05, 0) is 34.9 Å². The van der Waals surface area contributed by atoms with Crippen molar-refractivity contribution in [3.63, 3.8) is 0 Å². The predicted molar refractivity (Wildman–Crippen MR) is 88.6 cm³/mol. The zero-order chi connectivity index (χ0) is 14.0. The summed E-state index contributed by atoms with van der Waals surface area (Å²) in [6.07, 6.45) is 7.81. The maximum absolute atomic E-state index is 5.97. The van der Waals surface area contributed by atoms with Crippen LogP contribution in [-0.2, 0) is 0 Å². The van der Waals surface area contributed by atoms with Gasteiger partial charge in [-0.25, -0.2) is 0 Å². The van der Waals surface area contributed by atoms with E-state index in [9.17, 15) is 0 Å². The molecule has 0 aliphatic heterocycles. The topological polar surface area (TPSA) is 9.23 Å². The number of para-hydroxylation sites is 1. The van der Waals surface area contributed by atoms with Gasteiger partial charge in [0.15, 0.2) is 0 Å². The molecule has 1 aromatic heterocycles. The molecule has 0 bridgehead atoms.